The Labute approximate surface area is 71.3 Å². The average Bonchev–Trinajstić information content (AvgIpc) is 1.92. The summed E-state index contributed by atoms with van der Waals surface area (Å²) >= 11 is 0. The first kappa shape index (κ1) is 9.86. The second kappa shape index (κ2) is 5.43. The van der Waals surface area contributed by atoms with Gasteiger partial charge in [0.1, 0.15) is 6.61 Å². The zero-order valence-electron chi connectivity index (χ0n) is 7.06. The van der Waals surface area contributed by atoms with Crippen LogP contribution in [0.2, 0.25) is 0 Å². The summed E-state index contributed by atoms with van der Waals surface area (Å²) in [4.78, 5) is 0. The zero-order valence-corrected chi connectivity index (χ0v) is 7.06. The Morgan fingerprint density at radius 1 is 1.42 bits per heavy atom. The highest BCUT2D eigenvalue weighted by Gasteiger charge is 2.15. The number of nitrogens with one attached hydrogen (secondary N) is 1. The normalized spacial score (nSPS) is 18.2. The minimum atomic E-state index is -2.34. The Balaban J connectivity index is 1.76. The zero-order chi connectivity index (χ0) is 8.81. The lowest BCUT2D eigenvalue weighted by molar-refractivity contribution is 0.0176. The molecule has 1 aliphatic rings. The maximum atomic E-state index is 11.6. The Morgan fingerprint density at radius 3 is 2.67 bits per heavy atom. The van der Waals surface area contributed by atoms with E-state index in [2.05, 4.69) is 5.32 Å². The van der Waals surface area contributed by atoms with E-state index in [4.69, 9.17) is 4.74 Å². The van der Waals surface area contributed by atoms with Crippen molar-refractivity contribution in [1.82, 2.24) is 5.32 Å². The SMILES string of the molecule is FC(F)COCCNC1CCC1. The van der Waals surface area contributed by atoms with Crippen molar-refractivity contribution in [1.29, 1.82) is 0 Å². The smallest absolute Gasteiger partial charge is 0.261 e. The number of ether oxygens (including phenoxy) is 1. The van der Waals surface area contributed by atoms with Crippen LogP contribution >= 0.6 is 0 Å². The lowest BCUT2D eigenvalue weighted by atomic mass is 9.93. The maximum absolute atomic E-state index is 11.6. The van der Waals surface area contributed by atoms with E-state index in [1.165, 1.54) is 19.3 Å². The summed E-state index contributed by atoms with van der Waals surface area (Å²) in [6.45, 7) is 0.643. The Hall–Kier alpha value is -0.220. The van der Waals surface area contributed by atoms with Gasteiger partial charge < -0.3 is 10.1 Å². The van der Waals surface area contributed by atoms with Gasteiger partial charge in [0.2, 0.25) is 0 Å². The van der Waals surface area contributed by atoms with Gasteiger partial charge in [-0.2, -0.15) is 0 Å². The molecule has 12 heavy (non-hydrogen) atoms. The fraction of sp³-hybridized carbons (Fsp3) is 1.00. The maximum Gasteiger partial charge on any atom is 0.261 e. The highest BCUT2D eigenvalue weighted by Crippen LogP contribution is 2.17. The highest BCUT2D eigenvalue weighted by molar-refractivity contribution is 4.75. The minimum absolute atomic E-state index is 0.390. The third kappa shape index (κ3) is 3.97. The fourth-order valence-corrected chi connectivity index (χ4v) is 1.12. The van der Waals surface area contributed by atoms with Gasteiger partial charge in [-0.25, -0.2) is 8.78 Å². The van der Waals surface area contributed by atoms with Crippen molar-refractivity contribution in [3.8, 4) is 0 Å². The summed E-state index contributed by atoms with van der Waals surface area (Å²) in [5.74, 6) is 0. The van der Waals surface area contributed by atoms with Crippen LogP contribution in [0.15, 0.2) is 0 Å². The molecule has 72 valence electrons. The molecule has 0 aromatic heterocycles. The van der Waals surface area contributed by atoms with E-state index in [1.807, 2.05) is 0 Å². The Kier molecular flexibility index (Phi) is 4.46. The molecule has 1 aliphatic carbocycles. The van der Waals surface area contributed by atoms with Gasteiger partial charge in [-0.05, 0) is 12.8 Å². The van der Waals surface area contributed by atoms with Crippen molar-refractivity contribution >= 4 is 0 Å². The third-order valence-electron chi connectivity index (χ3n) is 2.03. The van der Waals surface area contributed by atoms with Crippen molar-refractivity contribution < 1.29 is 13.5 Å². The molecule has 1 rings (SSSR count). The summed E-state index contributed by atoms with van der Waals surface area (Å²) in [6.07, 6.45) is 1.38. The van der Waals surface area contributed by atoms with Crippen LogP contribution in [-0.2, 0) is 4.74 Å². The molecule has 0 heterocycles. The largest absolute Gasteiger partial charge is 0.374 e. The molecule has 0 unspecified atom stereocenters. The molecule has 0 atom stereocenters. The molecule has 0 bridgehead atoms. The van der Waals surface area contributed by atoms with Crippen molar-refractivity contribution in [3.63, 3.8) is 0 Å². The predicted octanol–water partition coefficient (Wildman–Crippen LogP) is 1.41. The summed E-state index contributed by atoms with van der Waals surface area (Å²) in [6, 6.07) is 0.611. The van der Waals surface area contributed by atoms with Crippen LogP contribution in [-0.4, -0.2) is 32.2 Å². The lowest BCUT2D eigenvalue weighted by Crippen LogP contribution is -2.37. The molecule has 0 radical (unpaired) electrons. The topological polar surface area (TPSA) is 21.3 Å². The molecule has 2 nitrogen and oxygen atoms in total. The first-order valence-corrected chi connectivity index (χ1v) is 4.38. The van der Waals surface area contributed by atoms with E-state index in [-0.39, 0.29) is 0 Å². The third-order valence-corrected chi connectivity index (χ3v) is 2.03. The average molecular weight is 179 g/mol. The molecule has 0 aromatic carbocycles. The molecule has 0 spiro atoms. The van der Waals surface area contributed by atoms with Gasteiger partial charge in [0, 0.05) is 12.6 Å². The van der Waals surface area contributed by atoms with Gasteiger partial charge in [0.05, 0.1) is 6.61 Å². The number of hydrogen-bond donors (Lipinski definition) is 1. The first-order valence-electron chi connectivity index (χ1n) is 4.38. The van der Waals surface area contributed by atoms with Crippen LogP contribution in [0.1, 0.15) is 19.3 Å². The van der Waals surface area contributed by atoms with Crippen LogP contribution in [0, 0.1) is 0 Å². The Bertz CT molecular complexity index is 118. The molecule has 4 heteroatoms. The lowest BCUT2D eigenvalue weighted by Gasteiger charge is -2.26. The molecule has 0 aromatic rings. The molecule has 0 saturated heterocycles. The molecule has 0 amide bonds. The van der Waals surface area contributed by atoms with E-state index < -0.39 is 13.0 Å². The molecule has 0 aliphatic heterocycles. The molecule has 1 fully saturated rings. The van der Waals surface area contributed by atoms with Crippen molar-refractivity contribution in [2.75, 3.05) is 19.8 Å². The van der Waals surface area contributed by atoms with E-state index in [1.54, 1.807) is 0 Å². The van der Waals surface area contributed by atoms with Crippen molar-refractivity contribution in [3.05, 3.63) is 0 Å². The molecule has 1 saturated carbocycles. The molecular formula is C8H15F2NO. The summed E-state index contributed by atoms with van der Waals surface area (Å²) in [5, 5.41) is 3.22. The number of rotatable bonds is 6. The van der Waals surface area contributed by atoms with E-state index in [0.29, 0.717) is 19.2 Å². The highest BCUT2D eigenvalue weighted by atomic mass is 19.3. The standard InChI is InChI=1S/C8H15F2NO/c9-8(10)6-12-5-4-11-7-2-1-3-7/h7-8,11H,1-6H2. The predicted molar refractivity (Wildman–Crippen MR) is 42.5 cm³/mol. The van der Waals surface area contributed by atoms with Gasteiger partial charge in [-0.1, -0.05) is 6.42 Å². The summed E-state index contributed by atoms with van der Waals surface area (Å²) in [5.41, 5.74) is 0. The second-order valence-corrected chi connectivity index (χ2v) is 3.05. The Morgan fingerprint density at radius 2 is 2.17 bits per heavy atom. The number of alkyl halides is 2. The van der Waals surface area contributed by atoms with E-state index >= 15 is 0 Å². The monoisotopic (exact) mass is 179 g/mol. The van der Waals surface area contributed by atoms with Gasteiger partial charge in [0.25, 0.3) is 6.43 Å². The summed E-state index contributed by atoms with van der Waals surface area (Å²) in [7, 11) is 0. The number of halogens is 2. The van der Waals surface area contributed by atoms with Crippen molar-refractivity contribution in [2.24, 2.45) is 0 Å². The van der Waals surface area contributed by atoms with Crippen LogP contribution in [0.25, 0.3) is 0 Å². The van der Waals surface area contributed by atoms with E-state index in [9.17, 15) is 8.78 Å². The fourth-order valence-electron chi connectivity index (χ4n) is 1.12. The van der Waals surface area contributed by atoms with Crippen LogP contribution in [0.4, 0.5) is 8.78 Å². The van der Waals surface area contributed by atoms with Gasteiger partial charge >= 0.3 is 0 Å². The molecule has 1 N–H and O–H groups in total. The van der Waals surface area contributed by atoms with Crippen molar-refractivity contribution in [2.45, 2.75) is 31.7 Å². The quantitative estimate of drug-likeness (QED) is 0.622. The minimum Gasteiger partial charge on any atom is -0.374 e. The number of hydrogen-bond acceptors (Lipinski definition) is 2. The van der Waals surface area contributed by atoms with E-state index in [0.717, 1.165) is 0 Å². The molecular weight excluding hydrogens is 164 g/mol. The second-order valence-electron chi connectivity index (χ2n) is 3.05. The van der Waals surface area contributed by atoms with Gasteiger partial charge in [-0.3, -0.25) is 0 Å². The van der Waals surface area contributed by atoms with Gasteiger partial charge in [-0.15, -0.1) is 0 Å². The van der Waals surface area contributed by atoms with Crippen LogP contribution in [0.5, 0.6) is 0 Å². The summed E-state index contributed by atoms with van der Waals surface area (Å²) < 4.78 is 27.8. The first-order chi connectivity index (χ1) is 5.79. The van der Waals surface area contributed by atoms with Gasteiger partial charge in [0.15, 0.2) is 0 Å². The van der Waals surface area contributed by atoms with Crippen LogP contribution < -0.4 is 5.32 Å². The van der Waals surface area contributed by atoms with Crippen LogP contribution in [0.3, 0.4) is 0 Å².